The maximum atomic E-state index is 10.8. The number of piperidine rings is 2. The fraction of sp³-hybridized carbons (Fsp3) is 0.875. The molecule has 0 atom stereocenters. The standard InChI is InChI=1S/2C11H21NO.C10H18O4/c2*1-10(2)6-9(8-13)7-11(3,4)12(10)5;11-9(12)7-5-3-1-2-4-6-8-10(13)14/h2*8-9H,6-7H2,1-5H3;1-8H2,(H,11,12)(H,13,14). The van der Waals surface area contributed by atoms with E-state index < -0.39 is 11.9 Å². The minimum absolute atomic E-state index is 0.146. The number of hydrogen-bond acceptors (Lipinski definition) is 6. The van der Waals surface area contributed by atoms with Gasteiger partial charge in [0.1, 0.15) is 12.6 Å². The van der Waals surface area contributed by atoms with Crippen molar-refractivity contribution >= 4 is 24.5 Å². The molecule has 8 nitrogen and oxygen atoms in total. The lowest BCUT2D eigenvalue weighted by molar-refractivity contribution is -0.138. The molecule has 0 aromatic heterocycles. The van der Waals surface area contributed by atoms with E-state index in [1.54, 1.807) is 0 Å². The molecule has 234 valence electrons. The molecule has 2 fully saturated rings. The summed E-state index contributed by atoms with van der Waals surface area (Å²) in [5, 5.41) is 16.7. The highest BCUT2D eigenvalue weighted by Gasteiger charge is 2.43. The second kappa shape index (κ2) is 16.6. The Bertz CT molecular complexity index is 703. The molecule has 2 aliphatic heterocycles. The number of hydrogen-bond donors (Lipinski definition) is 2. The highest BCUT2D eigenvalue weighted by Crippen LogP contribution is 2.40. The van der Waals surface area contributed by atoms with E-state index in [2.05, 4.69) is 79.3 Å². The Hall–Kier alpha value is -1.80. The lowest BCUT2D eigenvalue weighted by Gasteiger charge is -2.52. The number of likely N-dealkylation sites (tertiary alicyclic amines) is 2. The van der Waals surface area contributed by atoms with Gasteiger partial charge in [-0.2, -0.15) is 0 Å². The molecule has 2 heterocycles. The summed E-state index contributed by atoms with van der Waals surface area (Å²) in [5.74, 6) is -1.01. The summed E-state index contributed by atoms with van der Waals surface area (Å²) in [7, 11) is 4.31. The lowest BCUT2D eigenvalue weighted by Crippen LogP contribution is -2.58. The van der Waals surface area contributed by atoms with E-state index in [4.69, 9.17) is 10.2 Å². The number of rotatable bonds is 11. The predicted octanol–water partition coefficient (Wildman–Crippen LogP) is 6.45. The van der Waals surface area contributed by atoms with E-state index in [9.17, 15) is 19.2 Å². The van der Waals surface area contributed by atoms with Crippen LogP contribution in [0.1, 0.15) is 132 Å². The highest BCUT2D eigenvalue weighted by atomic mass is 16.4. The number of unbranched alkanes of at least 4 members (excludes halogenated alkanes) is 5. The van der Waals surface area contributed by atoms with Crippen molar-refractivity contribution < 1.29 is 29.4 Å². The average molecular weight is 569 g/mol. The van der Waals surface area contributed by atoms with E-state index in [0.717, 1.165) is 76.8 Å². The van der Waals surface area contributed by atoms with Crippen LogP contribution in [0.25, 0.3) is 0 Å². The van der Waals surface area contributed by atoms with Gasteiger partial charge in [-0.1, -0.05) is 25.7 Å². The zero-order valence-electron chi connectivity index (χ0n) is 27.2. The van der Waals surface area contributed by atoms with Crippen molar-refractivity contribution in [2.24, 2.45) is 11.8 Å². The number of carboxylic acid groups (broad SMARTS) is 2. The van der Waals surface area contributed by atoms with Crippen LogP contribution in [0, 0.1) is 11.8 Å². The third kappa shape index (κ3) is 13.7. The molecule has 0 saturated carbocycles. The van der Waals surface area contributed by atoms with Crippen LogP contribution in [0.2, 0.25) is 0 Å². The first-order valence-electron chi connectivity index (χ1n) is 15.0. The van der Waals surface area contributed by atoms with Crippen LogP contribution in [-0.2, 0) is 19.2 Å². The smallest absolute Gasteiger partial charge is 0.303 e. The van der Waals surface area contributed by atoms with Crippen LogP contribution in [0.3, 0.4) is 0 Å². The number of carboxylic acids is 2. The van der Waals surface area contributed by atoms with Gasteiger partial charge in [0, 0.05) is 46.8 Å². The molecule has 40 heavy (non-hydrogen) atoms. The van der Waals surface area contributed by atoms with Gasteiger partial charge in [0.15, 0.2) is 0 Å². The maximum absolute atomic E-state index is 10.8. The monoisotopic (exact) mass is 568 g/mol. The van der Waals surface area contributed by atoms with Crippen molar-refractivity contribution in [3.8, 4) is 0 Å². The maximum Gasteiger partial charge on any atom is 0.303 e. The molecule has 8 heteroatoms. The SMILES string of the molecule is CN1C(C)(C)CC(C=O)CC1(C)C.CN1C(C)(C)CC(C=O)CC1(C)C.O=C(O)CCCCCCCCC(=O)O. The number of carbonyl (C=O) groups is 4. The molecule has 0 unspecified atom stereocenters. The fourth-order valence-electron chi connectivity index (χ4n) is 6.35. The molecule has 0 bridgehead atoms. The van der Waals surface area contributed by atoms with Gasteiger partial charge in [0.2, 0.25) is 0 Å². The molecule has 0 amide bonds. The Kier molecular flexibility index (Phi) is 15.8. The summed E-state index contributed by atoms with van der Waals surface area (Å²) >= 11 is 0. The van der Waals surface area contributed by atoms with Crippen LogP contribution in [0.4, 0.5) is 0 Å². The molecule has 0 spiro atoms. The quantitative estimate of drug-likeness (QED) is 0.216. The minimum atomic E-state index is -0.740. The van der Waals surface area contributed by atoms with Crippen LogP contribution in [-0.4, -0.2) is 80.8 Å². The van der Waals surface area contributed by atoms with Gasteiger partial charge in [-0.3, -0.25) is 19.4 Å². The molecular weight excluding hydrogens is 508 g/mol. The summed E-state index contributed by atoms with van der Waals surface area (Å²) in [5.41, 5.74) is 0.585. The molecule has 2 rings (SSSR count). The van der Waals surface area contributed by atoms with Crippen molar-refractivity contribution in [3.63, 3.8) is 0 Å². The first kappa shape index (κ1) is 38.2. The molecule has 0 aliphatic carbocycles. The molecule has 2 aliphatic rings. The largest absolute Gasteiger partial charge is 0.481 e. The second-order valence-corrected chi connectivity index (χ2v) is 14.4. The van der Waals surface area contributed by atoms with E-state index in [1.807, 2.05) is 0 Å². The van der Waals surface area contributed by atoms with Gasteiger partial charge in [0.25, 0.3) is 0 Å². The summed E-state index contributed by atoms with van der Waals surface area (Å²) in [6.07, 6.45) is 12.0. The Labute approximate surface area is 244 Å². The Morgan fingerprint density at radius 1 is 0.575 bits per heavy atom. The summed E-state index contributed by atoms with van der Waals surface area (Å²) in [6.45, 7) is 17.7. The Morgan fingerprint density at radius 2 is 0.800 bits per heavy atom. The van der Waals surface area contributed by atoms with Crippen molar-refractivity contribution in [2.45, 2.75) is 155 Å². The molecular formula is C32H60N2O6. The second-order valence-electron chi connectivity index (χ2n) is 14.4. The summed E-state index contributed by atoms with van der Waals surface area (Å²) < 4.78 is 0. The van der Waals surface area contributed by atoms with Gasteiger partial charge in [-0.15, -0.1) is 0 Å². The van der Waals surface area contributed by atoms with E-state index in [-0.39, 0.29) is 46.8 Å². The first-order chi connectivity index (χ1) is 18.2. The predicted molar refractivity (Wildman–Crippen MR) is 162 cm³/mol. The molecule has 0 aromatic rings. The summed E-state index contributed by atoms with van der Waals surface area (Å²) in [6, 6.07) is 0. The Balaban J connectivity index is 0.000000571. The third-order valence-corrected chi connectivity index (χ3v) is 9.10. The zero-order chi connectivity index (χ0) is 31.4. The molecule has 2 N–H and O–H groups in total. The number of aliphatic carboxylic acids is 2. The molecule has 0 radical (unpaired) electrons. The molecule has 0 aromatic carbocycles. The lowest BCUT2D eigenvalue weighted by atomic mass is 9.75. The number of carbonyl (C=O) groups excluding carboxylic acids is 2. The van der Waals surface area contributed by atoms with Crippen molar-refractivity contribution in [3.05, 3.63) is 0 Å². The van der Waals surface area contributed by atoms with Crippen molar-refractivity contribution in [1.29, 1.82) is 0 Å². The zero-order valence-corrected chi connectivity index (χ0v) is 27.2. The van der Waals surface area contributed by atoms with Crippen LogP contribution in [0.15, 0.2) is 0 Å². The average Bonchev–Trinajstić information content (AvgIpc) is 2.82. The summed E-state index contributed by atoms with van der Waals surface area (Å²) in [4.78, 5) is 46.7. The first-order valence-corrected chi connectivity index (χ1v) is 15.0. The van der Waals surface area contributed by atoms with Gasteiger partial charge < -0.3 is 19.8 Å². The number of aldehydes is 2. The fourth-order valence-corrected chi connectivity index (χ4v) is 6.35. The van der Waals surface area contributed by atoms with Crippen LogP contribution >= 0.6 is 0 Å². The van der Waals surface area contributed by atoms with E-state index in [0.29, 0.717) is 0 Å². The van der Waals surface area contributed by atoms with Crippen molar-refractivity contribution in [2.75, 3.05) is 14.1 Å². The van der Waals surface area contributed by atoms with E-state index >= 15 is 0 Å². The third-order valence-electron chi connectivity index (χ3n) is 9.10. The van der Waals surface area contributed by atoms with Crippen LogP contribution < -0.4 is 0 Å². The van der Waals surface area contributed by atoms with E-state index in [1.165, 1.54) is 0 Å². The highest BCUT2D eigenvalue weighted by molar-refractivity contribution is 5.66. The topological polar surface area (TPSA) is 115 Å². The van der Waals surface area contributed by atoms with Gasteiger partial charge in [-0.25, -0.2) is 0 Å². The minimum Gasteiger partial charge on any atom is -0.481 e. The van der Waals surface area contributed by atoms with Crippen molar-refractivity contribution in [1.82, 2.24) is 9.80 Å². The van der Waals surface area contributed by atoms with Gasteiger partial charge in [-0.05, 0) is 108 Å². The van der Waals surface area contributed by atoms with Crippen LogP contribution in [0.5, 0.6) is 0 Å². The number of nitrogens with zero attached hydrogens (tertiary/aromatic N) is 2. The molecule has 2 saturated heterocycles. The Morgan fingerprint density at radius 3 is 1.00 bits per heavy atom. The van der Waals surface area contributed by atoms with Gasteiger partial charge in [0.05, 0.1) is 0 Å². The van der Waals surface area contributed by atoms with Gasteiger partial charge >= 0.3 is 11.9 Å². The normalized spacial score (nSPS) is 22.1.